The summed E-state index contributed by atoms with van der Waals surface area (Å²) in [6.07, 6.45) is 7.29. The first kappa shape index (κ1) is 13.6. The van der Waals surface area contributed by atoms with Gasteiger partial charge in [0.15, 0.2) is 0 Å². The number of rotatable bonds is 4. The molecule has 1 aromatic carbocycles. The van der Waals surface area contributed by atoms with Crippen LogP contribution in [-0.4, -0.2) is 12.5 Å². The third-order valence-electron chi connectivity index (χ3n) is 4.66. The molecule has 2 N–H and O–H groups in total. The molecule has 0 spiro atoms. The summed E-state index contributed by atoms with van der Waals surface area (Å²) in [4.78, 5) is 11.5. The Morgan fingerprint density at radius 1 is 1.30 bits per heavy atom. The number of hydrogen-bond donors (Lipinski definition) is 2. The van der Waals surface area contributed by atoms with Gasteiger partial charge >= 0.3 is 0 Å². The van der Waals surface area contributed by atoms with Gasteiger partial charge in [-0.15, -0.1) is 0 Å². The fourth-order valence-electron chi connectivity index (χ4n) is 3.69. The van der Waals surface area contributed by atoms with Crippen LogP contribution in [0.3, 0.4) is 0 Å². The Labute approximate surface area is 121 Å². The Kier molecular flexibility index (Phi) is 4.06. The van der Waals surface area contributed by atoms with Crippen LogP contribution in [0.2, 0.25) is 0 Å². The van der Waals surface area contributed by atoms with Crippen LogP contribution in [0.4, 0.5) is 5.69 Å². The van der Waals surface area contributed by atoms with Gasteiger partial charge in [0.25, 0.3) is 0 Å². The standard InChI is InChI=1S/C17H24N2O/c1-2-18-17(12-6-4-3-5-7-12)13-8-9-15-14(10-13)11-16(20)19-15/h8-10,12,17-18H,2-7,11H2,1H3,(H,19,20). The van der Waals surface area contributed by atoms with E-state index < -0.39 is 0 Å². The summed E-state index contributed by atoms with van der Waals surface area (Å²) in [5.41, 5.74) is 3.51. The highest BCUT2D eigenvalue weighted by Crippen LogP contribution is 2.36. The van der Waals surface area contributed by atoms with Crippen LogP contribution in [0.1, 0.15) is 56.2 Å². The van der Waals surface area contributed by atoms with Crippen molar-refractivity contribution < 1.29 is 4.79 Å². The van der Waals surface area contributed by atoms with E-state index in [0.717, 1.165) is 23.7 Å². The molecule has 2 aliphatic rings. The fourth-order valence-corrected chi connectivity index (χ4v) is 3.69. The number of anilines is 1. The minimum atomic E-state index is 0.120. The van der Waals surface area contributed by atoms with E-state index in [-0.39, 0.29) is 5.91 Å². The van der Waals surface area contributed by atoms with Crippen molar-refractivity contribution >= 4 is 11.6 Å². The van der Waals surface area contributed by atoms with Crippen LogP contribution < -0.4 is 10.6 Å². The molecule has 1 heterocycles. The molecule has 108 valence electrons. The molecular formula is C17H24N2O. The van der Waals surface area contributed by atoms with Gasteiger partial charge < -0.3 is 10.6 Å². The molecule has 3 rings (SSSR count). The summed E-state index contributed by atoms with van der Waals surface area (Å²) in [5, 5.41) is 6.58. The van der Waals surface area contributed by atoms with Crippen LogP contribution in [0, 0.1) is 5.92 Å². The first-order valence-electron chi connectivity index (χ1n) is 7.94. The smallest absolute Gasteiger partial charge is 0.228 e. The van der Waals surface area contributed by atoms with Crippen molar-refractivity contribution in [3.63, 3.8) is 0 Å². The molecule has 1 unspecified atom stereocenters. The van der Waals surface area contributed by atoms with Crippen LogP contribution in [0.15, 0.2) is 18.2 Å². The lowest BCUT2D eigenvalue weighted by molar-refractivity contribution is -0.115. The topological polar surface area (TPSA) is 41.1 Å². The highest BCUT2D eigenvalue weighted by molar-refractivity contribution is 5.99. The van der Waals surface area contributed by atoms with Gasteiger partial charge in [-0.25, -0.2) is 0 Å². The molecule has 1 aliphatic carbocycles. The van der Waals surface area contributed by atoms with E-state index in [9.17, 15) is 4.79 Å². The van der Waals surface area contributed by atoms with Crippen LogP contribution in [0.25, 0.3) is 0 Å². The molecule has 1 saturated carbocycles. The second-order valence-electron chi connectivity index (χ2n) is 6.07. The number of benzene rings is 1. The van der Waals surface area contributed by atoms with Gasteiger partial charge in [-0.3, -0.25) is 4.79 Å². The molecule has 1 amide bonds. The number of fused-ring (bicyclic) bond motifs is 1. The van der Waals surface area contributed by atoms with Crippen LogP contribution in [-0.2, 0) is 11.2 Å². The lowest BCUT2D eigenvalue weighted by Gasteiger charge is -2.31. The molecule has 3 nitrogen and oxygen atoms in total. The zero-order chi connectivity index (χ0) is 13.9. The van der Waals surface area contributed by atoms with Crippen molar-refractivity contribution in [2.75, 3.05) is 11.9 Å². The Hall–Kier alpha value is -1.35. The maximum absolute atomic E-state index is 11.5. The zero-order valence-electron chi connectivity index (χ0n) is 12.2. The quantitative estimate of drug-likeness (QED) is 0.882. The van der Waals surface area contributed by atoms with Gasteiger partial charge in [-0.2, -0.15) is 0 Å². The second-order valence-corrected chi connectivity index (χ2v) is 6.07. The normalized spacial score (nSPS) is 20.6. The minimum absolute atomic E-state index is 0.120. The van der Waals surface area contributed by atoms with Crippen molar-refractivity contribution in [1.29, 1.82) is 0 Å². The van der Waals surface area contributed by atoms with E-state index in [1.54, 1.807) is 0 Å². The highest BCUT2D eigenvalue weighted by Gasteiger charge is 2.26. The van der Waals surface area contributed by atoms with E-state index in [1.807, 2.05) is 0 Å². The molecule has 0 aromatic heterocycles. The van der Waals surface area contributed by atoms with Crippen LogP contribution in [0.5, 0.6) is 0 Å². The minimum Gasteiger partial charge on any atom is -0.326 e. The molecule has 1 atom stereocenters. The lowest BCUT2D eigenvalue weighted by Crippen LogP contribution is -2.29. The third kappa shape index (κ3) is 2.73. The molecule has 1 fully saturated rings. The van der Waals surface area contributed by atoms with E-state index >= 15 is 0 Å². The van der Waals surface area contributed by atoms with Crippen molar-refractivity contribution in [2.45, 2.75) is 51.5 Å². The van der Waals surface area contributed by atoms with Crippen LogP contribution >= 0.6 is 0 Å². The molecule has 20 heavy (non-hydrogen) atoms. The molecule has 0 saturated heterocycles. The molecule has 3 heteroatoms. The summed E-state index contributed by atoms with van der Waals surface area (Å²) in [6.45, 7) is 3.17. The lowest BCUT2D eigenvalue weighted by atomic mass is 9.80. The third-order valence-corrected chi connectivity index (χ3v) is 4.66. The second kappa shape index (κ2) is 5.96. The monoisotopic (exact) mass is 272 g/mol. The van der Waals surface area contributed by atoms with Crippen molar-refractivity contribution in [3.8, 4) is 0 Å². The number of amides is 1. The first-order valence-corrected chi connectivity index (χ1v) is 7.94. The molecule has 0 bridgehead atoms. The van der Waals surface area contributed by atoms with Gasteiger partial charge in [0, 0.05) is 11.7 Å². The average Bonchev–Trinajstić information content (AvgIpc) is 2.84. The van der Waals surface area contributed by atoms with E-state index in [1.165, 1.54) is 37.7 Å². The number of nitrogens with one attached hydrogen (secondary N) is 2. The molecule has 1 aliphatic heterocycles. The average molecular weight is 272 g/mol. The van der Waals surface area contributed by atoms with E-state index in [2.05, 4.69) is 35.8 Å². The first-order chi connectivity index (χ1) is 9.78. The predicted octanol–water partition coefficient (Wildman–Crippen LogP) is 3.41. The van der Waals surface area contributed by atoms with E-state index in [4.69, 9.17) is 0 Å². The summed E-state index contributed by atoms with van der Waals surface area (Å²) in [5.74, 6) is 0.863. The summed E-state index contributed by atoms with van der Waals surface area (Å²) >= 11 is 0. The number of carbonyl (C=O) groups is 1. The maximum Gasteiger partial charge on any atom is 0.228 e. The van der Waals surface area contributed by atoms with Gasteiger partial charge in [-0.1, -0.05) is 38.3 Å². The fraction of sp³-hybridized carbons (Fsp3) is 0.588. The van der Waals surface area contributed by atoms with Gasteiger partial charge in [0.1, 0.15) is 0 Å². The highest BCUT2D eigenvalue weighted by atomic mass is 16.1. The maximum atomic E-state index is 11.5. The SMILES string of the molecule is CCNC(c1ccc2c(c1)CC(=O)N2)C1CCCCC1. The largest absolute Gasteiger partial charge is 0.326 e. The summed E-state index contributed by atoms with van der Waals surface area (Å²) < 4.78 is 0. The van der Waals surface area contributed by atoms with Gasteiger partial charge in [-0.05, 0) is 42.5 Å². The van der Waals surface area contributed by atoms with Gasteiger partial charge in [0.2, 0.25) is 5.91 Å². The Balaban J connectivity index is 1.84. The zero-order valence-corrected chi connectivity index (χ0v) is 12.2. The van der Waals surface area contributed by atoms with Crippen molar-refractivity contribution in [1.82, 2.24) is 5.32 Å². The molecule has 0 radical (unpaired) electrons. The Morgan fingerprint density at radius 3 is 2.85 bits per heavy atom. The van der Waals surface area contributed by atoms with E-state index in [0.29, 0.717) is 12.5 Å². The summed E-state index contributed by atoms with van der Waals surface area (Å²) in [7, 11) is 0. The molecule has 1 aromatic rings. The predicted molar refractivity (Wildman–Crippen MR) is 81.8 cm³/mol. The number of hydrogen-bond acceptors (Lipinski definition) is 2. The Morgan fingerprint density at radius 2 is 2.10 bits per heavy atom. The summed E-state index contributed by atoms with van der Waals surface area (Å²) in [6, 6.07) is 6.94. The van der Waals surface area contributed by atoms with Gasteiger partial charge in [0.05, 0.1) is 6.42 Å². The Bertz CT molecular complexity index is 492. The molecular weight excluding hydrogens is 248 g/mol. The number of carbonyl (C=O) groups excluding carboxylic acids is 1. The van der Waals surface area contributed by atoms with Crippen molar-refractivity contribution in [2.24, 2.45) is 5.92 Å². The van der Waals surface area contributed by atoms with Crippen molar-refractivity contribution in [3.05, 3.63) is 29.3 Å².